The van der Waals surface area contributed by atoms with Crippen LogP contribution in [0.15, 0.2) is 36.4 Å². The molecule has 0 unspecified atom stereocenters. The summed E-state index contributed by atoms with van der Waals surface area (Å²) in [6, 6.07) is 11.4. The Morgan fingerprint density at radius 1 is 1.16 bits per heavy atom. The van der Waals surface area contributed by atoms with Crippen LogP contribution >= 0.6 is 0 Å². The van der Waals surface area contributed by atoms with E-state index < -0.39 is 14.0 Å². The van der Waals surface area contributed by atoms with Crippen LogP contribution in [0.2, 0.25) is 25.7 Å². The van der Waals surface area contributed by atoms with Gasteiger partial charge in [0, 0.05) is 32.2 Å². The number of carbonyl (C=O) groups is 2. The van der Waals surface area contributed by atoms with Gasteiger partial charge in [0.05, 0.1) is 11.1 Å². The van der Waals surface area contributed by atoms with Crippen LogP contribution in [0.3, 0.4) is 0 Å². The monoisotopic (exact) mass is 454 g/mol. The van der Waals surface area contributed by atoms with Crippen LogP contribution < -0.4 is 0 Å². The molecule has 0 saturated heterocycles. The summed E-state index contributed by atoms with van der Waals surface area (Å²) >= 11 is 0. The number of fused-ring (bicyclic) bond motifs is 1. The van der Waals surface area contributed by atoms with Crippen molar-refractivity contribution in [1.82, 2.24) is 9.55 Å². The molecule has 3 rings (SSSR count). The third kappa shape index (κ3) is 5.44. The number of carbonyl (C=O) groups excluding carboxylic acids is 1. The number of hydrogen-bond acceptors (Lipinski definition) is 5. The molecule has 0 amide bonds. The van der Waals surface area contributed by atoms with Crippen molar-refractivity contribution in [2.75, 3.05) is 6.61 Å². The van der Waals surface area contributed by atoms with Crippen LogP contribution in [0.25, 0.3) is 11.0 Å². The molecular formula is C24H30N2O5Si. The molecule has 1 heterocycles. The minimum atomic E-state index is -1.23. The second-order valence-corrected chi connectivity index (χ2v) is 14.8. The summed E-state index contributed by atoms with van der Waals surface area (Å²) in [6.07, 6.45) is 0.193. The average molecular weight is 455 g/mol. The van der Waals surface area contributed by atoms with Gasteiger partial charge >= 0.3 is 5.97 Å². The summed E-state index contributed by atoms with van der Waals surface area (Å²) in [4.78, 5) is 28.9. The van der Waals surface area contributed by atoms with E-state index in [0.29, 0.717) is 29.0 Å². The number of aryl methyl sites for hydroxylation is 1. The largest absolute Gasteiger partial charge is 0.505 e. The van der Waals surface area contributed by atoms with Crippen LogP contribution in [0.1, 0.15) is 38.5 Å². The molecule has 0 saturated carbocycles. The number of phenols is 1. The van der Waals surface area contributed by atoms with E-state index in [1.54, 1.807) is 35.8 Å². The van der Waals surface area contributed by atoms with Crippen molar-refractivity contribution in [3.8, 4) is 5.75 Å². The summed E-state index contributed by atoms with van der Waals surface area (Å²) in [6.45, 7) is 9.46. The van der Waals surface area contributed by atoms with Gasteiger partial charge in [-0.05, 0) is 25.5 Å². The highest BCUT2D eigenvalue weighted by molar-refractivity contribution is 6.76. The fourth-order valence-corrected chi connectivity index (χ4v) is 4.30. The Kier molecular flexibility index (Phi) is 7.15. The third-order valence-electron chi connectivity index (χ3n) is 5.46. The zero-order chi connectivity index (χ0) is 23.5. The quantitative estimate of drug-likeness (QED) is 0.257. The minimum Gasteiger partial charge on any atom is -0.505 e. The molecule has 0 atom stereocenters. The number of carboxylic acids is 1. The van der Waals surface area contributed by atoms with Gasteiger partial charge in [0.25, 0.3) is 0 Å². The van der Waals surface area contributed by atoms with Gasteiger partial charge in [-0.3, -0.25) is 4.79 Å². The number of benzene rings is 2. The van der Waals surface area contributed by atoms with Crippen LogP contribution in [0, 0.1) is 6.92 Å². The average Bonchev–Trinajstić information content (AvgIpc) is 3.05. The molecule has 0 fully saturated rings. The molecule has 1 aromatic heterocycles. The first-order chi connectivity index (χ1) is 15.1. The summed E-state index contributed by atoms with van der Waals surface area (Å²) in [5.41, 5.74) is 1.57. The molecular weight excluding hydrogens is 424 g/mol. The zero-order valence-corrected chi connectivity index (χ0v) is 20.0. The fourth-order valence-electron chi connectivity index (χ4n) is 3.54. The molecule has 0 radical (unpaired) electrons. The molecule has 3 aromatic rings. The Hall–Kier alpha value is -2.97. The van der Waals surface area contributed by atoms with E-state index in [2.05, 4.69) is 24.6 Å². The maximum absolute atomic E-state index is 12.5. The normalized spacial score (nSPS) is 11.8. The van der Waals surface area contributed by atoms with Crippen molar-refractivity contribution >= 4 is 30.9 Å². The Bertz CT molecular complexity index is 1130. The van der Waals surface area contributed by atoms with Crippen molar-refractivity contribution in [1.29, 1.82) is 0 Å². The van der Waals surface area contributed by atoms with Crippen LogP contribution in [-0.4, -0.2) is 46.2 Å². The van der Waals surface area contributed by atoms with E-state index in [1.165, 1.54) is 6.07 Å². The van der Waals surface area contributed by atoms with Crippen LogP contribution in [-0.2, 0) is 17.9 Å². The molecule has 32 heavy (non-hydrogen) atoms. The minimum absolute atomic E-state index is 0.0286. The van der Waals surface area contributed by atoms with Gasteiger partial charge in [0.2, 0.25) is 0 Å². The molecule has 170 valence electrons. The number of hydrogen-bond donors (Lipinski definition) is 2. The Balaban J connectivity index is 1.88. The van der Waals surface area contributed by atoms with Crippen LogP contribution in [0.5, 0.6) is 5.75 Å². The standard InChI is InChI=1S/C24H30N2O5Si/c1-16-25-22-20(26(16)15-31-12-13-32(2,3)4)14-19(24(29)30)18(23(22)28)10-11-21(27)17-8-6-5-7-9-17/h5-9,14,28H,10-13,15H2,1-4H3,(H,29,30). The number of rotatable bonds is 10. The van der Waals surface area contributed by atoms with Crippen molar-refractivity contribution < 1.29 is 24.5 Å². The Labute approximate surface area is 188 Å². The smallest absolute Gasteiger partial charge is 0.336 e. The number of aromatic carboxylic acids is 1. The van der Waals surface area contributed by atoms with E-state index in [-0.39, 0.29) is 42.2 Å². The van der Waals surface area contributed by atoms with E-state index in [0.717, 1.165) is 6.04 Å². The summed E-state index contributed by atoms with van der Waals surface area (Å²) in [5.74, 6) is -0.838. The van der Waals surface area contributed by atoms with Gasteiger partial charge in [-0.2, -0.15) is 0 Å². The lowest BCUT2D eigenvalue weighted by atomic mass is 9.97. The number of aromatic hydroxyl groups is 1. The first kappa shape index (κ1) is 23.7. The van der Waals surface area contributed by atoms with E-state index >= 15 is 0 Å². The van der Waals surface area contributed by atoms with Gasteiger partial charge in [0.1, 0.15) is 23.8 Å². The summed E-state index contributed by atoms with van der Waals surface area (Å²) in [5, 5.41) is 20.7. The maximum Gasteiger partial charge on any atom is 0.336 e. The number of aromatic nitrogens is 2. The van der Waals surface area contributed by atoms with E-state index in [1.807, 2.05) is 6.07 Å². The first-order valence-electron chi connectivity index (χ1n) is 10.7. The molecule has 2 N–H and O–H groups in total. The molecule has 0 aliphatic rings. The number of nitrogens with zero attached hydrogens (tertiary/aromatic N) is 2. The lowest BCUT2D eigenvalue weighted by molar-refractivity contribution is 0.0693. The van der Waals surface area contributed by atoms with Gasteiger partial charge in [-0.15, -0.1) is 0 Å². The number of ketones is 1. The zero-order valence-electron chi connectivity index (χ0n) is 19.0. The molecule has 0 bridgehead atoms. The van der Waals surface area contributed by atoms with Crippen molar-refractivity contribution in [2.45, 2.75) is 52.2 Å². The highest BCUT2D eigenvalue weighted by Gasteiger charge is 2.23. The number of carboxylic acid groups (broad SMARTS) is 1. The van der Waals surface area contributed by atoms with Gasteiger partial charge in [-0.1, -0.05) is 50.0 Å². The fraction of sp³-hybridized carbons (Fsp3) is 0.375. The summed E-state index contributed by atoms with van der Waals surface area (Å²) in [7, 11) is -1.23. The van der Waals surface area contributed by atoms with Gasteiger partial charge < -0.3 is 19.5 Å². The van der Waals surface area contributed by atoms with Crippen molar-refractivity contribution in [3.05, 3.63) is 58.9 Å². The number of imidazole rings is 1. The molecule has 0 aliphatic carbocycles. The number of Topliss-reactive ketones (excluding diaryl/α,β-unsaturated/α-hetero) is 1. The third-order valence-corrected chi connectivity index (χ3v) is 7.16. The summed E-state index contributed by atoms with van der Waals surface area (Å²) < 4.78 is 7.59. The topological polar surface area (TPSA) is 102 Å². The second-order valence-electron chi connectivity index (χ2n) is 9.15. The SMILES string of the molecule is Cc1nc2c(O)c(CCC(=O)c3ccccc3)c(C(=O)O)cc2n1COCC[Si](C)(C)C. The Morgan fingerprint density at radius 2 is 1.84 bits per heavy atom. The van der Waals surface area contributed by atoms with Crippen molar-refractivity contribution in [3.63, 3.8) is 0 Å². The predicted molar refractivity (Wildman–Crippen MR) is 126 cm³/mol. The lowest BCUT2D eigenvalue weighted by Gasteiger charge is -2.16. The second kappa shape index (κ2) is 9.66. The van der Waals surface area contributed by atoms with Gasteiger partial charge in [-0.25, -0.2) is 9.78 Å². The molecule has 7 nitrogen and oxygen atoms in total. The maximum atomic E-state index is 12.5. The van der Waals surface area contributed by atoms with Crippen LogP contribution in [0.4, 0.5) is 0 Å². The molecule has 8 heteroatoms. The molecule has 0 aliphatic heterocycles. The highest BCUT2D eigenvalue weighted by atomic mass is 28.3. The molecule has 2 aromatic carbocycles. The van der Waals surface area contributed by atoms with Gasteiger partial charge in [0.15, 0.2) is 5.78 Å². The Morgan fingerprint density at radius 3 is 2.47 bits per heavy atom. The van der Waals surface area contributed by atoms with E-state index in [9.17, 15) is 19.8 Å². The number of ether oxygens (including phenoxy) is 1. The lowest BCUT2D eigenvalue weighted by Crippen LogP contribution is -2.22. The van der Waals surface area contributed by atoms with E-state index in [4.69, 9.17) is 4.74 Å². The number of phenolic OH excluding ortho intramolecular Hbond substituents is 1. The predicted octanol–water partition coefficient (Wildman–Crippen LogP) is 4.88. The van der Waals surface area contributed by atoms with Crippen molar-refractivity contribution in [2.24, 2.45) is 0 Å². The molecule has 0 spiro atoms. The highest BCUT2D eigenvalue weighted by Crippen LogP contribution is 2.33. The first-order valence-corrected chi connectivity index (χ1v) is 14.4.